The second kappa shape index (κ2) is 9.68. The molecule has 0 radical (unpaired) electrons. The van der Waals surface area contributed by atoms with Crippen LogP contribution in [0.3, 0.4) is 0 Å². The Bertz CT molecular complexity index is 1060. The summed E-state index contributed by atoms with van der Waals surface area (Å²) in [6.45, 7) is 4.51. The highest BCUT2D eigenvalue weighted by atomic mass is 19.1. The van der Waals surface area contributed by atoms with Crippen LogP contribution in [-0.4, -0.2) is 36.7 Å². The molecule has 2 aromatic heterocycles. The summed E-state index contributed by atoms with van der Waals surface area (Å²) in [6, 6.07) is 4.73. The monoisotopic (exact) mass is 441 g/mol. The molecule has 1 fully saturated rings. The Hall–Kier alpha value is -2.94. The second-order valence-electron chi connectivity index (χ2n) is 8.57. The molecule has 0 bridgehead atoms. The van der Waals surface area contributed by atoms with Gasteiger partial charge in [0.1, 0.15) is 11.6 Å². The molecule has 9 heteroatoms. The van der Waals surface area contributed by atoms with Crippen LogP contribution < -0.4 is 16.4 Å². The number of nitrogens with one attached hydrogen (secondary N) is 2. The number of imidazole rings is 1. The van der Waals surface area contributed by atoms with Crippen molar-refractivity contribution in [3.63, 3.8) is 0 Å². The molecule has 32 heavy (non-hydrogen) atoms. The minimum Gasteiger partial charge on any atom is -0.508 e. The number of fused-ring (bicyclic) bond motifs is 1. The van der Waals surface area contributed by atoms with Crippen LogP contribution in [-0.2, 0) is 6.54 Å². The van der Waals surface area contributed by atoms with Crippen molar-refractivity contribution < 1.29 is 9.50 Å². The Morgan fingerprint density at radius 3 is 2.66 bits per heavy atom. The zero-order valence-corrected chi connectivity index (χ0v) is 18.7. The highest BCUT2D eigenvalue weighted by molar-refractivity contribution is 5.84. The van der Waals surface area contributed by atoms with Crippen LogP contribution in [0.1, 0.15) is 64.0 Å². The van der Waals surface area contributed by atoms with Gasteiger partial charge in [-0.05, 0) is 56.7 Å². The lowest BCUT2D eigenvalue weighted by molar-refractivity contribution is 0.410. The third-order valence-electron chi connectivity index (χ3n) is 6.35. The maximum Gasteiger partial charge on any atom is 0.227 e. The number of halogens is 1. The van der Waals surface area contributed by atoms with Gasteiger partial charge in [0, 0.05) is 30.2 Å². The maximum atomic E-state index is 13.6. The molecule has 0 spiro atoms. The molecule has 1 aliphatic rings. The highest BCUT2D eigenvalue weighted by Gasteiger charge is 2.22. The number of phenolic OH excluding ortho intramolecular Hbond substituents is 1. The lowest BCUT2D eigenvalue weighted by Crippen LogP contribution is -2.33. The zero-order valence-electron chi connectivity index (χ0n) is 18.7. The van der Waals surface area contributed by atoms with E-state index in [0.717, 1.165) is 44.2 Å². The smallest absolute Gasteiger partial charge is 0.227 e. The van der Waals surface area contributed by atoms with Crippen LogP contribution in [0.25, 0.3) is 11.2 Å². The molecule has 0 aliphatic heterocycles. The van der Waals surface area contributed by atoms with Gasteiger partial charge in [-0.15, -0.1) is 0 Å². The molecule has 0 saturated heterocycles. The molecule has 172 valence electrons. The lowest BCUT2D eigenvalue weighted by Gasteiger charge is -2.27. The number of aromatic nitrogens is 4. The van der Waals surface area contributed by atoms with E-state index >= 15 is 0 Å². The molecule has 5 N–H and O–H groups in total. The lowest BCUT2D eigenvalue weighted by atomic mass is 9.92. The van der Waals surface area contributed by atoms with Crippen molar-refractivity contribution >= 4 is 22.9 Å². The molecular formula is C23H32FN7O. The van der Waals surface area contributed by atoms with E-state index in [9.17, 15) is 9.50 Å². The van der Waals surface area contributed by atoms with Crippen LogP contribution in [0, 0.1) is 5.82 Å². The van der Waals surface area contributed by atoms with Crippen LogP contribution in [0.4, 0.5) is 16.2 Å². The number of aromatic hydroxyl groups is 1. The quantitative estimate of drug-likeness (QED) is 0.411. The molecule has 4 rings (SSSR count). The first-order valence-corrected chi connectivity index (χ1v) is 11.5. The van der Waals surface area contributed by atoms with Crippen molar-refractivity contribution in [2.75, 3.05) is 10.6 Å². The largest absolute Gasteiger partial charge is 0.508 e. The van der Waals surface area contributed by atoms with Crippen molar-refractivity contribution in [3.05, 3.63) is 35.9 Å². The van der Waals surface area contributed by atoms with Crippen LogP contribution in [0.2, 0.25) is 0 Å². The predicted molar refractivity (Wildman–Crippen MR) is 124 cm³/mol. The van der Waals surface area contributed by atoms with Crippen LogP contribution in [0.5, 0.6) is 5.75 Å². The Morgan fingerprint density at radius 2 is 1.94 bits per heavy atom. The molecule has 0 amide bonds. The van der Waals surface area contributed by atoms with E-state index in [1.807, 2.05) is 6.33 Å². The minimum absolute atomic E-state index is 0.0312. The fraction of sp³-hybridized carbons (Fsp3) is 0.522. The first-order valence-electron chi connectivity index (χ1n) is 11.5. The van der Waals surface area contributed by atoms with Gasteiger partial charge in [0.25, 0.3) is 0 Å². The third kappa shape index (κ3) is 4.77. The fourth-order valence-corrected chi connectivity index (χ4v) is 4.37. The van der Waals surface area contributed by atoms with E-state index in [-0.39, 0.29) is 30.4 Å². The molecule has 1 aromatic carbocycles. The van der Waals surface area contributed by atoms with E-state index in [0.29, 0.717) is 22.8 Å². The van der Waals surface area contributed by atoms with Crippen molar-refractivity contribution in [3.8, 4) is 5.75 Å². The molecule has 8 nitrogen and oxygen atoms in total. The zero-order chi connectivity index (χ0) is 22.7. The first kappa shape index (κ1) is 22.3. The van der Waals surface area contributed by atoms with Gasteiger partial charge < -0.3 is 26.0 Å². The van der Waals surface area contributed by atoms with E-state index in [2.05, 4.69) is 39.0 Å². The first-order chi connectivity index (χ1) is 15.5. The maximum absolute atomic E-state index is 13.6. The molecule has 3 aromatic rings. The topological polar surface area (TPSA) is 114 Å². The Morgan fingerprint density at radius 1 is 1.19 bits per heavy atom. The molecule has 0 unspecified atom stereocenters. The van der Waals surface area contributed by atoms with Gasteiger partial charge in [0.2, 0.25) is 5.95 Å². The number of nitrogens with two attached hydrogens (primary N) is 1. The number of anilines is 2. The number of hydrogen-bond donors (Lipinski definition) is 4. The number of nitrogens with zero attached hydrogens (tertiary/aromatic N) is 4. The molecule has 0 atom stereocenters. The van der Waals surface area contributed by atoms with E-state index in [4.69, 9.17) is 10.7 Å². The molecular weight excluding hydrogens is 409 g/mol. The van der Waals surface area contributed by atoms with Gasteiger partial charge in [0.15, 0.2) is 17.0 Å². The summed E-state index contributed by atoms with van der Waals surface area (Å²) in [6.07, 6.45) is 7.67. The Balaban J connectivity index is 1.66. The summed E-state index contributed by atoms with van der Waals surface area (Å²) in [5.74, 6) is 0.724. The highest BCUT2D eigenvalue weighted by Crippen LogP contribution is 2.28. The van der Waals surface area contributed by atoms with Crippen LogP contribution >= 0.6 is 0 Å². The predicted octanol–water partition coefficient (Wildman–Crippen LogP) is 4.33. The standard InChI is InChI=1S/C23H32FN7O/c1-3-18(4-2)31-13-27-20-21(26-12-14-11-15(24)5-10-19(14)32)29-23(30-22(20)31)28-17-8-6-16(25)7-9-17/h5,10-11,13,16-18,32H,3-4,6-9,12,25H2,1-2H3,(H2,26,28,29,30). The minimum atomic E-state index is -0.400. The van der Waals surface area contributed by atoms with Gasteiger partial charge in [-0.1, -0.05) is 13.8 Å². The van der Waals surface area contributed by atoms with Crippen LogP contribution in [0.15, 0.2) is 24.5 Å². The third-order valence-corrected chi connectivity index (χ3v) is 6.35. The summed E-state index contributed by atoms with van der Waals surface area (Å²) in [7, 11) is 0. The van der Waals surface area contributed by atoms with E-state index < -0.39 is 5.82 Å². The van der Waals surface area contributed by atoms with Gasteiger partial charge in [-0.3, -0.25) is 0 Å². The fourth-order valence-electron chi connectivity index (χ4n) is 4.37. The second-order valence-corrected chi connectivity index (χ2v) is 8.57. The molecule has 1 aliphatic carbocycles. The summed E-state index contributed by atoms with van der Waals surface area (Å²) >= 11 is 0. The molecule has 1 saturated carbocycles. The van der Waals surface area contributed by atoms with Gasteiger partial charge in [0.05, 0.1) is 6.33 Å². The molecule has 2 heterocycles. The summed E-state index contributed by atoms with van der Waals surface area (Å²) in [5, 5.41) is 16.8. The number of hydrogen-bond acceptors (Lipinski definition) is 7. The average Bonchev–Trinajstić information content (AvgIpc) is 3.21. The average molecular weight is 442 g/mol. The van der Waals surface area contributed by atoms with Gasteiger partial charge >= 0.3 is 0 Å². The summed E-state index contributed by atoms with van der Waals surface area (Å²) in [5.41, 5.74) is 7.91. The Labute approximate surface area is 187 Å². The van der Waals surface area contributed by atoms with Crippen molar-refractivity contribution in [2.45, 2.75) is 77.0 Å². The van der Waals surface area contributed by atoms with Gasteiger partial charge in [-0.2, -0.15) is 9.97 Å². The Kier molecular flexibility index (Phi) is 6.74. The van der Waals surface area contributed by atoms with Gasteiger partial charge in [-0.25, -0.2) is 9.37 Å². The van der Waals surface area contributed by atoms with E-state index in [1.165, 1.54) is 18.2 Å². The SMILES string of the molecule is CCC(CC)n1cnc2c(NCc3cc(F)ccc3O)nc(NC3CCC(N)CC3)nc21. The summed E-state index contributed by atoms with van der Waals surface area (Å²) in [4.78, 5) is 14.1. The van der Waals surface area contributed by atoms with Crippen molar-refractivity contribution in [1.82, 2.24) is 19.5 Å². The van der Waals surface area contributed by atoms with E-state index in [1.54, 1.807) is 0 Å². The number of rotatable bonds is 8. The normalized spacial score (nSPS) is 18.9. The van der Waals surface area contributed by atoms with Crippen molar-refractivity contribution in [1.29, 1.82) is 0 Å². The summed E-state index contributed by atoms with van der Waals surface area (Å²) < 4.78 is 15.8. The number of phenols is 1. The van der Waals surface area contributed by atoms with Crippen molar-refractivity contribution in [2.24, 2.45) is 5.73 Å². The number of benzene rings is 1.